The third kappa shape index (κ3) is 1.87. The van der Waals surface area contributed by atoms with Crippen molar-refractivity contribution in [2.45, 2.75) is 0 Å². The van der Waals surface area contributed by atoms with Crippen LogP contribution >= 0.6 is 0 Å². The van der Waals surface area contributed by atoms with Gasteiger partial charge in [-0.15, -0.1) is 0 Å². The first kappa shape index (κ1) is 6.08. The van der Waals surface area contributed by atoms with Crippen molar-refractivity contribution in [1.29, 1.82) is 0 Å². The average molecular weight is 101 g/mol. The summed E-state index contributed by atoms with van der Waals surface area (Å²) in [6.45, 7) is 0. The van der Waals surface area contributed by atoms with Crippen LogP contribution in [0.5, 0.6) is 0 Å². The number of aromatic nitrogens is 1. The molecule has 0 amide bonds. The highest BCUT2D eigenvalue weighted by molar-refractivity contribution is 4.88. The van der Waals surface area contributed by atoms with Crippen LogP contribution < -0.4 is 0 Å². The van der Waals surface area contributed by atoms with Gasteiger partial charge in [0.25, 0.3) is 0 Å². The van der Waals surface area contributed by atoms with E-state index in [9.17, 15) is 0 Å². The van der Waals surface area contributed by atoms with Crippen molar-refractivity contribution in [3.05, 3.63) is 30.6 Å². The molecule has 1 rings (SSSR count). The largest absolute Gasteiger partial charge is 0.269 e. The molecule has 1 nitrogen and oxygen atoms in total. The van der Waals surface area contributed by atoms with Gasteiger partial charge in [0.15, 0.2) is 0 Å². The summed E-state index contributed by atoms with van der Waals surface area (Å²) in [7, 11) is 0. The van der Waals surface area contributed by atoms with Crippen molar-refractivity contribution in [1.82, 2.24) is 4.98 Å². The van der Waals surface area contributed by atoms with E-state index in [1.54, 1.807) is 12.4 Å². The second kappa shape index (κ2) is 3.28. The van der Waals surface area contributed by atoms with Crippen LogP contribution in [-0.2, 0) is 0 Å². The first-order chi connectivity index (χ1) is 3.00. The maximum Gasteiger partial charge on any atom is 0.0267 e. The number of halogens is 1. The number of hydrogen-bond acceptors (Lipinski definition) is 1. The predicted molar refractivity (Wildman–Crippen MR) is 28.9 cm³/mol. The Morgan fingerprint density at radius 1 is 1.00 bits per heavy atom. The van der Waals surface area contributed by atoms with Crippen LogP contribution in [0.15, 0.2) is 30.6 Å². The molecule has 0 aliphatic heterocycles. The van der Waals surface area contributed by atoms with Crippen molar-refractivity contribution < 1.29 is 6.13 Å². The predicted octanol–water partition coefficient (Wildman–Crippen LogP) is 1.48. The zero-order valence-electron chi connectivity index (χ0n) is 3.74. The zero-order chi connectivity index (χ0) is 4.24. The molecule has 0 aliphatic rings. The van der Waals surface area contributed by atoms with Gasteiger partial charge in [-0.3, -0.25) is 9.69 Å². The number of pyridine rings is 1. The van der Waals surface area contributed by atoms with Crippen molar-refractivity contribution >= 4 is 0 Å². The van der Waals surface area contributed by atoms with E-state index < -0.39 is 0 Å². The summed E-state index contributed by atoms with van der Waals surface area (Å²) in [5.41, 5.74) is 0. The van der Waals surface area contributed by atoms with Crippen molar-refractivity contribution in [2.24, 2.45) is 0 Å². The van der Waals surface area contributed by atoms with Gasteiger partial charge in [0, 0.05) is 13.8 Å². The second-order valence-corrected chi connectivity index (χ2v) is 1.02. The van der Waals surface area contributed by atoms with Crippen LogP contribution in [0.4, 0.5) is 4.70 Å². The summed E-state index contributed by atoms with van der Waals surface area (Å²) in [5.74, 6) is 0. The molecule has 2 heteroatoms. The molecule has 0 aromatic carbocycles. The fourth-order valence-corrected chi connectivity index (χ4v) is 0.313. The van der Waals surface area contributed by atoms with Crippen LogP contribution in [-0.4, -0.2) is 4.98 Å². The van der Waals surface area contributed by atoms with Gasteiger partial charge in [-0.1, -0.05) is 6.07 Å². The molecule has 40 valence electrons. The minimum Gasteiger partial charge on any atom is -0.269 e. The lowest BCUT2D eigenvalue weighted by molar-refractivity contribution is 1.11. The third-order valence-corrected chi connectivity index (χ3v) is 0.566. The second-order valence-electron chi connectivity index (χ2n) is 1.02. The molecule has 7 heavy (non-hydrogen) atoms. The summed E-state index contributed by atoms with van der Waals surface area (Å²) in [6.07, 6.45) is 3.50. The Bertz CT molecular complexity index is 84.4. The average Bonchev–Trinajstić information content (AvgIpc) is 1.72. The fraction of sp³-hybridized carbons (Fsp3) is 0. The fourth-order valence-electron chi connectivity index (χ4n) is 0.313. The Hall–Kier alpha value is -0.920. The van der Waals surface area contributed by atoms with Crippen LogP contribution in [0, 0.1) is 0 Å². The quantitative estimate of drug-likeness (QED) is 0.482. The van der Waals surface area contributed by atoms with Gasteiger partial charge in [0.1, 0.15) is 0 Å². The Morgan fingerprint density at radius 3 is 1.71 bits per heavy atom. The highest BCUT2D eigenvalue weighted by Crippen LogP contribution is 1.73. The Kier molecular flexibility index (Phi) is 2.85. The smallest absolute Gasteiger partial charge is 0.0267 e. The monoisotopic (exact) mass is 101 g/mol. The normalized spacial score (nSPS) is 6.86. The van der Waals surface area contributed by atoms with Gasteiger partial charge in [-0.2, -0.15) is 0 Å². The third-order valence-electron chi connectivity index (χ3n) is 0.566. The number of hydrogen-bond donors (Lipinski definition) is 0. The van der Waals surface area contributed by atoms with Crippen molar-refractivity contribution in [2.75, 3.05) is 0 Å². The van der Waals surface area contributed by atoms with Crippen LogP contribution in [0.1, 0.15) is 1.43 Å². The van der Waals surface area contributed by atoms with E-state index in [0.29, 0.717) is 0 Å². The van der Waals surface area contributed by atoms with E-state index in [1.165, 1.54) is 0 Å². The molecule has 1 aromatic heterocycles. The molecule has 0 N–H and O–H groups in total. The van der Waals surface area contributed by atoms with E-state index in [4.69, 9.17) is 0 Å². The lowest BCUT2D eigenvalue weighted by Gasteiger charge is -1.70. The summed E-state index contributed by atoms with van der Waals surface area (Å²) in [4.78, 5) is 3.78. The highest BCUT2D eigenvalue weighted by atomic mass is 19.0. The molecule has 0 bridgehead atoms. The van der Waals surface area contributed by atoms with E-state index in [1.807, 2.05) is 18.2 Å². The molecule has 1 heterocycles. The van der Waals surface area contributed by atoms with Gasteiger partial charge in [-0.25, -0.2) is 0 Å². The maximum absolute atomic E-state index is 3.78. The maximum atomic E-state index is 3.78. The van der Waals surface area contributed by atoms with Crippen molar-refractivity contribution in [3.8, 4) is 0 Å². The summed E-state index contributed by atoms with van der Waals surface area (Å²) in [6, 6.07) is 5.72. The SMILES string of the molecule is F.[HH].c1ccncc1. The van der Waals surface area contributed by atoms with Crippen LogP contribution in [0.25, 0.3) is 0 Å². The Labute approximate surface area is 42.9 Å². The van der Waals surface area contributed by atoms with Gasteiger partial charge in [0.2, 0.25) is 0 Å². The van der Waals surface area contributed by atoms with E-state index in [2.05, 4.69) is 4.98 Å². The van der Waals surface area contributed by atoms with Gasteiger partial charge in [-0.05, 0) is 12.1 Å². The van der Waals surface area contributed by atoms with Crippen LogP contribution in [0.2, 0.25) is 0 Å². The molecule has 0 aliphatic carbocycles. The molecule has 1 aromatic rings. The first-order valence-corrected chi connectivity index (χ1v) is 1.85. The Morgan fingerprint density at radius 2 is 1.57 bits per heavy atom. The van der Waals surface area contributed by atoms with Gasteiger partial charge in [0.05, 0.1) is 0 Å². The number of nitrogens with zero attached hydrogens (tertiary/aromatic N) is 1. The molecular weight excluding hydrogens is 93.1 g/mol. The topological polar surface area (TPSA) is 12.9 Å². The van der Waals surface area contributed by atoms with E-state index in [0.717, 1.165) is 0 Å². The lowest BCUT2D eigenvalue weighted by atomic mass is 10.5. The minimum absolute atomic E-state index is 0. The standard InChI is InChI=1S/C5H5N.FH.H2/c1-2-4-6-5-3-1;;/h1-5H;2*1H. The Balaban J connectivity index is 0. The molecule has 0 fully saturated rings. The molecular formula is C5H8FN. The molecule has 0 unspecified atom stereocenters. The minimum atomic E-state index is 0. The van der Waals surface area contributed by atoms with Gasteiger partial charge >= 0.3 is 0 Å². The first-order valence-electron chi connectivity index (χ1n) is 1.85. The van der Waals surface area contributed by atoms with E-state index >= 15 is 0 Å². The molecule has 0 atom stereocenters. The van der Waals surface area contributed by atoms with E-state index in [-0.39, 0.29) is 6.13 Å². The summed E-state index contributed by atoms with van der Waals surface area (Å²) >= 11 is 0. The zero-order valence-corrected chi connectivity index (χ0v) is 3.74. The number of rotatable bonds is 0. The molecule has 0 radical (unpaired) electrons. The van der Waals surface area contributed by atoms with Gasteiger partial charge < -0.3 is 0 Å². The summed E-state index contributed by atoms with van der Waals surface area (Å²) < 4.78 is 0. The van der Waals surface area contributed by atoms with Crippen LogP contribution in [0.3, 0.4) is 0 Å². The molecule has 0 spiro atoms. The molecule has 0 saturated carbocycles. The molecule has 0 saturated heterocycles. The summed E-state index contributed by atoms with van der Waals surface area (Å²) in [5, 5.41) is 0. The van der Waals surface area contributed by atoms with Crippen molar-refractivity contribution in [3.63, 3.8) is 0 Å². The highest BCUT2D eigenvalue weighted by Gasteiger charge is 1.58. The lowest BCUT2D eigenvalue weighted by Crippen LogP contribution is -1.58.